The number of anilines is 3. The fourth-order valence-corrected chi connectivity index (χ4v) is 4.01. The van der Waals surface area contributed by atoms with Gasteiger partial charge >= 0.3 is 6.03 Å². The molecule has 0 aromatic heterocycles. The summed E-state index contributed by atoms with van der Waals surface area (Å²) >= 11 is 0. The van der Waals surface area contributed by atoms with E-state index in [1.54, 1.807) is 30.3 Å². The van der Waals surface area contributed by atoms with Crippen LogP contribution in [-0.4, -0.2) is 31.6 Å². The van der Waals surface area contributed by atoms with Gasteiger partial charge < -0.3 is 20.9 Å². The predicted molar refractivity (Wildman–Crippen MR) is 134 cm³/mol. The molecule has 7 heteroatoms. The number of carbonyl (C=O) groups excluding carboxylic acids is 2. The van der Waals surface area contributed by atoms with Gasteiger partial charge in [0.25, 0.3) is 5.91 Å². The molecule has 7 nitrogen and oxygen atoms in total. The third kappa shape index (κ3) is 5.93. The number of hydrogen-bond acceptors (Lipinski definition) is 4. The highest BCUT2D eigenvalue weighted by molar-refractivity contribution is 6.04. The predicted octanol–water partition coefficient (Wildman–Crippen LogP) is 4.77. The molecular formula is C27H27N5O2. The summed E-state index contributed by atoms with van der Waals surface area (Å²) in [5, 5.41) is 17.5. The average Bonchev–Trinajstić information content (AvgIpc) is 3.40. The standard InChI is InChI=1S/C27H27N5O2/c28-19-21-8-10-22(11-9-21)30-27(34)31-23-12-13-25(32-16-4-5-17-32)24(18-23)26(33)29-15-14-20-6-2-1-3-7-20/h1-3,6-13,18H,4-5,14-17H2,(H,29,33)(H2,30,31,34). The van der Waals surface area contributed by atoms with Crippen LogP contribution in [0, 0.1) is 11.3 Å². The topological polar surface area (TPSA) is 97.3 Å². The first kappa shape index (κ1) is 22.9. The second kappa shape index (κ2) is 11.0. The SMILES string of the molecule is N#Cc1ccc(NC(=O)Nc2ccc(N3CCCC3)c(C(=O)NCCc3ccccc3)c2)cc1. The maximum atomic E-state index is 13.1. The molecule has 3 amide bonds. The normalized spacial score (nSPS) is 12.6. The first-order valence-corrected chi connectivity index (χ1v) is 11.4. The lowest BCUT2D eigenvalue weighted by Gasteiger charge is -2.22. The Morgan fingerprint density at radius 3 is 2.26 bits per heavy atom. The van der Waals surface area contributed by atoms with Crippen LogP contribution in [0.2, 0.25) is 0 Å². The maximum Gasteiger partial charge on any atom is 0.323 e. The maximum absolute atomic E-state index is 13.1. The molecule has 1 fully saturated rings. The number of nitrogens with one attached hydrogen (secondary N) is 3. The minimum absolute atomic E-state index is 0.158. The van der Waals surface area contributed by atoms with Crippen molar-refractivity contribution in [3.63, 3.8) is 0 Å². The summed E-state index contributed by atoms with van der Waals surface area (Å²) in [6.07, 6.45) is 2.95. The highest BCUT2D eigenvalue weighted by atomic mass is 16.2. The molecular weight excluding hydrogens is 426 g/mol. The number of nitrogens with zero attached hydrogens (tertiary/aromatic N) is 2. The number of urea groups is 1. The first-order valence-electron chi connectivity index (χ1n) is 11.4. The van der Waals surface area contributed by atoms with E-state index in [0.29, 0.717) is 29.0 Å². The quantitative estimate of drug-likeness (QED) is 0.480. The van der Waals surface area contributed by atoms with Gasteiger partial charge in [0.05, 0.1) is 17.2 Å². The van der Waals surface area contributed by atoms with Crippen molar-refractivity contribution >= 4 is 29.0 Å². The zero-order valence-electron chi connectivity index (χ0n) is 18.9. The Morgan fingerprint density at radius 2 is 1.56 bits per heavy atom. The lowest BCUT2D eigenvalue weighted by atomic mass is 10.1. The van der Waals surface area contributed by atoms with Gasteiger partial charge in [-0.25, -0.2) is 4.79 Å². The summed E-state index contributed by atoms with van der Waals surface area (Å²) < 4.78 is 0. The molecule has 0 aliphatic carbocycles. The Kier molecular flexibility index (Phi) is 7.41. The fraction of sp³-hybridized carbons (Fsp3) is 0.222. The van der Waals surface area contributed by atoms with E-state index in [9.17, 15) is 9.59 Å². The zero-order valence-corrected chi connectivity index (χ0v) is 18.9. The molecule has 3 aromatic rings. The van der Waals surface area contributed by atoms with Crippen LogP contribution in [0.3, 0.4) is 0 Å². The van der Waals surface area contributed by atoms with Crippen LogP contribution in [0.15, 0.2) is 72.8 Å². The molecule has 0 radical (unpaired) electrons. The van der Waals surface area contributed by atoms with E-state index in [1.807, 2.05) is 48.5 Å². The van der Waals surface area contributed by atoms with Crippen LogP contribution in [0.4, 0.5) is 21.9 Å². The molecule has 34 heavy (non-hydrogen) atoms. The molecule has 0 saturated carbocycles. The van der Waals surface area contributed by atoms with E-state index in [0.717, 1.165) is 43.6 Å². The third-order valence-corrected chi connectivity index (χ3v) is 5.76. The van der Waals surface area contributed by atoms with Crippen molar-refractivity contribution in [1.82, 2.24) is 5.32 Å². The van der Waals surface area contributed by atoms with E-state index in [1.165, 1.54) is 0 Å². The molecule has 1 saturated heterocycles. The Labute approximate surface area is 199 Å². The summed E-state index contributed by atoms with van der Waals surface area (Å²) in [6.45, 7) is 2.35. The molecule has 3 aromatic carbocycles. The van der Waals surface area contributed by atoms with Gasteiger partial charge in [0.2, 0.25) is 0 Å². The van der Waals surface area contributed by atoms with Crippen LogP contribution < -0.4 is 20.9 Å². The second-order valence-corrected chi connectivity index (χ2v) is 8.19. The van der Waals surface area contributed by atoms with Crippen molar-refractivity contribution in [2.45, 2.75) is 19.3 Å². The summed E-state index contributed by atoms with van der Waals surface area (Å²) in [6, 6.07) is 23.7. The summed E-state index contributed by atoms with van der Waals surface area (Å²) in [7, 11) is 0. The number of rotatable bonds is 7. The van der Waals surface area contributed by atoms with Gasteiger partial charge in [0.1, 0.15) is 0 Å². The molecule has 0 unspecified atom stereocenters. The fourth-order valence-electron chi connectivity index (χ4n) is 4.01. The van der Waals surface area contributed by atoms with E-state index in [2.05, 4.69) is 20.9 Å². The number of hydrogen-bond donors (Lipinski definition) is 3. The Morgan fingerprint density at radius 1 is 0.882 bits per heavy atom. The largest absolute Gasteiger partial charge is 0.371 e. The third-order valence-electron chi connectivity index (χ3n) is 5.76. The lowest BCUT2D eigenvalue weighted by molar-refractivity contribution is 0.0954. The van der Waals surface area contributed by atoms with Gasteiger partial charge in [-0.15, -0.1) is 0 Å². The van der Waals surface area contributed by atoms with Crippen LogP contribution in [-0.2, 0) is 6.42 Å². The van der Waals surface area contributed by atoms with Gasteiger partial charge in [-0.1, -0.05) is 30.3 Å². The molecule has 4 rings (SSSR count). The summed E-state index contributed by atoms with van der Waals surface area (Å²) in [5.41, 5.74) is 4.22. The number of amides is 3. The number of carbonyl (C=O) groups is 2. The average molecular weight is 454 g/mol. The molecule has 1 heterocycles. The Balaban J connectivity index is 1.45. The van der Waals surface area contributed by atoms with Crippen LogP contribution in [0.25, 0.3) is 0 Å². The van der Waals surface area contributed by atoms with Gasteiger partial charge in [0, 0.05) is 36.7 Å². The molecule has 172 valence electrons. The van der Waals surface area contributed by atoms with Crippen LogP contribution in [0.1, 0.15) is 34.3 Å². The smallest absolute Gasteiger partial charge is 0.323 e. The first-order chi connectivity index (χ1) is 16.6. The van der Waals surface area contributed by atoms with Crippen molar-refractivity contribution in [2.75, 3.05) is 35.2 Å². The van der Waals surface area contributed by atoms with Crippen molar-refractivity contribution in [3.05, 3.63) is 89.5 Å². The highest BCUT2D eigenvalue weighted by Gasteiger charge is 2.20. The highest BCUT2D eigenvalue weighted by Crippen LogP contribution is 2.28. The Bertz CT molecular complexity index is 1180. The summed E-state index contributed by atoms with van der Waals surface area (Å²) in [4.78, 5) is 27.8. The minimum Gasteiger partial charge on any atom is -0.371 e. The van der Waals surface area contributed by atoms with E-state index >= 15 is 0 Å². The zero-order chi connectivity index (χ0) is 23.8. The monoisotopic (exact) mass is 453 g/mol. The second-order valence-electron chi connectivity index (χ2n) is 8.19. The van der Waals surface area contributed by atoms with Crippen molar-refractivity contribution in [1.29, 1.82) is 5.26 Å². The summed E-state index contributed by atoms with van der Waals surface area (Å²) in [5.74, 6) is -0.158. The van der Waals surface area contributed by atoms with E-state index in [4.69, 9.17) is 5.26 Å². The van der Waals surface area contributed by atoms with E-state index in [-0.39, 0.29) is 5.91 Å². The molecule has 0 spiro atoms. The molecule has 0 bridgehead atoms. The lowest BCUT2D eigenvalue weighted by Crippen LogP contribution is -2.29. The molecule has 1 aliphatic rings. The van der Waals surface area contributed by atoms with Crippen molar-refractivity contribution in [2.24, 2.45) is 0 Å². The van der Waals surface area contributed by atoms with Crippen molar-refractivity contribution < 1.29 is 9.59 Å². The van der Waals surface area contributed by atoms with Crippen LogP contribution >= 0.6 is 0 Å². The number of nitriles is 1. The minimum atomic E-state index is -0.422. The Hall–Kier alpha value is -4.31. The number of benzene rings is 3. The van der Waals surface area contributed by atoms with Crippen LogP contribution in [0.5, 0.6) is 0 Å². The van der Waals surface area contributed by atoms with Gasteiger partial charge in [-0.3, -0.25) is 4.79 Å². The van der Waals surface area contributed by atoms with Gasteiger partial charge in [-0.05, 0) is 67.3 Å². The van der Waals surface area contributed by atoms with Crippen molar-refractivity contribution in [3.8, 4) is 6.07 Å². The molecule has 1 aliphatic heterocycles. The van der Waals surface area contributed by atoms with E-state index < -0.39 is 6.03 Å². The molecule has 0 atom stereocenters. The van der Waals surface area contributed by atoms with Gasteiger partial charge in [-0.2, -0.15) is 5.26 Å². The molecule has 3 N–H and O–H groups in total. The van der Waals surface area contributed by atoms with Gasteiger partial charge in [0.15, 0.2) is 0 Å².